The first-order valence-electron chi connectivity index (χ1n) is 6.73. The highest BCUT2D eigenvalue weighted by molar-refractivity contribution is 6.34. The van der Waals surface area contributed by atoms with Gasteiger partial charge < -0.3 is 4.74 Å². The molecule has 0 aliphatic carbocycles. The van der Waals surface area contributed by atoms with Gasteiger partial charge in [0.25, 0.3) is 11.8 Å². The highest BCUT2D eigenvalue weighted by Crippen LogP contribution is 2.27. The van der Waals surface area contributed by atoms with Gasteiger partial charge in [0, 0.05) is 6.61 Å². The molecule has 1 aromatic carbocycles. The van der Waals surface area contributed by atoms with E-state index in [0.717, 1.165) is 11.3 Å². The van der Waals surface area contributed by atoms with Crippen molar-refractivity contribution in [2.45, 2.75) is 12.5 Å². The number of rotatable bonds is 2. The Morgan fingerprint density at radius 3 is 2.48 bits per heavy atom. The summed E-state index contributed by atoms with van der Waals surface area (Å²) in [7, 11) is 0. The Hall–Kier alpha value is -2.54. The van der Waals surface area contributed by atoms with Crippen molar-refractivity contribution in [1.82, 2.24) is 15.0 Å². The zero-order chi connectivity index (χ0) is 14.4. The zero-order valence-electron chi connectivity index (χ0n) is 11.1. The lowest BCUT2D eigenvalue weighted by Crippen LogP contribution is -2.29. The smallest absolute Gasteiger partial charge is 0.267 e. The number of ether oxygens (including phenoxy) is 1. The van der Waals surface area contributed by atoms with Gasteiger partial charge in [-0.1, -0.05) is 17.3 Å². The molecule has 1 saturated heterocycles. The molecule has 0 spiro atoms. The first kappa shape index (κ1) is 12.2. The molecule has 2 aliphatic rings. The predicted octanol–water partition coefficient (Wildman–Crippen LogP) is 1.04. The standard InChI is InChI=1S/C14H12N4O3/c19-13-10-3-1-2-4-11(10)14(20)18(13)12-7-17(16-15-12)9-5-6-21-8-9/h1-4,7,9H,5-6,8H2/t9-/m0/s1. The zero-order valence-corrected chi connectivity index (χ0v) is 11.1. The van der Waals surface area contributed by atoms with Crippen molar-refractivity contribution in [3.8, 4) is 0 Å². The Kier molecular flexibility index (Phi) is 2.61. The van der Waals surface area contributed by atoms with Crippen LogP contribution in [0.5, 0.6) is 0 Å². The molecular formula is C14H12N4O3. The number of carbonyl (C=O) groups excluding carboxylic acids is 2. The van der Waals surface area contributed by atoms with E-state index in [1.54, 1.807) is 35.1 Å². The Bertz CT molecular complexity index is 698. The van der Waals surface area contributed by atoms with E-state index >= 15 is 0 Å². The van der Waals surface area contributed by atoms with Crippen molar-refractivity contribution >= 4 is 17.6 Å². The van der Waals surface area contributed by atoms with E-state index in [1.165, 1.54) is 0 Å². The highest BCUT2D eigenvalue weighted by atomic mass is 16.5. The van der Waals surface area contributed by atoms with E-state index < -0.39 is 0 Å². The van der Waals surface area contributed by atoms with Crippen LogP contribution in [0.15, 0.2) is 30.5 Å². The van der Waals surface area contributed by atoms with Crippen molar-refractivity contribution in [3.63, 3.8) is 0 Å². The monoisotopic (exact) mass is 284 g/mol. The third-order valence-electron chi connectivity index (χ3n) is 3.80. The molecule has 2 amide bonds. The Balaban J connectivity index is 1.69. The van der Waals surface area contributed by atoms with Crippen molar-refractivity contribution in [1.29, 1.82) is 0 Å². The molecule has 2 aromatic rings. The maximum absolute atomic E-state index is 12.3. The van der Waals surface area contributed by atoms with Crippen molar-refractivity contribution in [3.05, 3.63) is 41.6 Å². The second-order valence-electron chi connectivity index (χ2n) is 5.07. The van der Waals surface area contributed by atoms with Crippen molar-refractivity contribution < 1.29 is 14.3 Å². The first-order valence-corrected chi connectivity index (χ1v) is 6.73. The fourth-order valence-corrected chi connectivity index (χ4v) is 2.68. The van der Waals surface area contributed by atoms with Gasteiger partial charge in [0.05, 0.1) is 30.0 Å². The van der Waals surface area contributed by atoms with E-state index in [4.69, 9.17) is 4.74 Å². The average molecular weight is 284 g/mol. The highest BCUT2D eigenvalue weighted by Gasteiger charge is 2.38. The molecule has 0 unspecified atom stereocenters. The van der Waals surface area contributed by atoms with Gasteiger partial charge in [-0.15, -0.1) is 5.10 Å². The van der Waals surface area contributed by atoms with E-state index in [0.29, 0.717) is 24.3 Å². The number of imide groups is 1. The van der Waals surface area contributed by atoms with E-state index in [2.05, 4.69) is 10.3 Å². The number of aromatic nitrogens is 3. The van der Waals surface area contributed by atoms with Gasteiger partial charge in [0.15, 0.2) is 5.82 Å². The number of carbonyl (C=O) groups is 2. The number of hydrogen-bond acceptors (Lipinski definition) is 5. The van der Waals surface area contributed by atoms with E-state index in [9.17, 15) is 9.59 Å². The lowest BCUT2D eigenvalue weighted by molar-refractivity contribution is 0.0925. The molecule has 0 radical (unpaired) electrons. The summed E-state index contributed by atoms with van der Waals surface area (Å²) in [5.41, 5.74) is 0.808. The van der Waals surface area contributed by atoms with Gasteiger partial charge in [-0.05, 0) is 18.6 Å². The molecular weight excluding hydrogens is 272 g/mol. The molecule has 1 atom stereocenters. The average Bonchev–Trinajstić information content (AvgIpc) is 3.21. The van der Waals surface area contributed by atoms with Crippen molar-refractivity contribution in [2.24, 2.45) is 0 Å². The summed E-state index contributed by atoms with van der Waals surface area (Å²) in [6, 6.07) is 6.87. The van der Waals surface area contributed by atoms with Crippen molar-refractivity contribution in [2.75, 3.05) is 18.1 Å². The molecule has 1 fully saturated rings. The number of anilines is 1. The Labute approximate surface area is 120 Å². The molecule has 106 valence electrons. The molecule has 0 N–H and O–H groups in total. The van der Waals surface area contributed by atoms with Crippen LogP contribution in [0, 0.1) is 0 Å². The lowest BCUT2D eigenvalue weighted by atomic mass is 10.1. The maximum atomic E-state index is 12.3. The normalized spacial score (nSPS) is 21.1. The quantitative estimate of drug-likeness (QED) is 0.770. The number of nitrogens with zero attached hydrogens (tertiary/aromatic N) is 4. The molecule has 4 rings (SSSR count). The molecule has 21 heavy (non-hydrogen) atoms. The summed E-state index contributed by atoms with van der Waals surface area (Å²) in [5.74, 6) is -0.455. The minimum atomic E-state index is -0.356. The molecule has 3 heterocycles. The molecule has 7 nitrogen and oxygen atoms in total. The fourth-order valence-electron chi connectivity index (χ4n) is 2.68. The summed E-state index contributed by atoms with van der Waals surface area (Å²) in [6.45, 7) is 1.26. The summed E-state index contributed by atoms with van der Waals surface area (Å²) in [4.78, 5) is 25.8. The number of hydrogen-bond donors (Lipinski definition) is 0. The van der Waals surface area contributed by atoms with Crippen LogP contribution < -0.4 is 4.90 Å². The Morgan fingerprint density at radius 1 is 1.14 bits per heavy atom. The number of benzene rings is 1. The second-order valence-corrected chi connectivity index (χ2v) is 5.07. The van der Waals surface area contributed by atoms with Crippen LogP contribution in [-0.4, -0.2) is 40.0 Å². The van der Waals surface area contributed by atoms with Gasteiger partial charge in [-0.2, -0.15) is 0 Å². The minimum absolute atomic E-state index is 0.112. The summed E-state index contributed by atoms with van der Waals surface area (Å²) < 4.78 is 6.96. The van der Waals surface area contributed by atoms with E-state index in [-0.39, 0.29) is 23.7 Å². The van der Waals surface area contributed by atoms with Gasteiger partial charge in [0.2, 0.25) is 0 Å². The maximum Gasteiger partial charge on any atom is 0.267 e. The largest absolute Gasteiger partial charge is 0.379 e. The van der Waals surface area contributed by atoms with E-state index in [1.807, 2.05) is 0 Å². The minimum Gasteiger partial charge on any atom is -0.379 e. The SMILES string of the molecule is O=C1c2ccccc2C(=O)N1c1cn([C@H]2CCOC2)nn1. The van der Waals surface area contributed by atoms with Crippen LogP contribution in [0.2, 0.25) is 0 Å². The van der Waals surface area contributed by atoms with Gasteiger partial charge >= 0.3 is 0 Å². The first-order chi connectivity index (χ1) is 10.3. The summed E-state index contributed by atoms with van der Waals surface area (Å²) >= 11 is 0. The van der Waals surface area contributed by atoms with Gasteiger partial charge in [0.1, 0.15) is 0 Å². The van der Waals surface area contributed by atoms with Crippen LogP contribution in [-0.2, 0) is 4.74 Å². The summed E-state index contributed by atoms with van der Waals surface area (Å²) in [6.07, 6.45) is 2.48. The third-order valence-corrected chi connectivity index (χ3v) is 3.80. The van der Waals surface area contributed by atoms with Crippen LogP contribution >= 0.6 is 0 Å². The predicted molar refractivity (Wildman–Crippen MR) is 72.1 cm³/mol. The molecule has 1 aromatic heterocycles. The number of fused-ring (bicyclic) bond motifs is 1. The molecule has 7 heteroatoms. The fraction of sp³-hybridized carbons (Fsp3) is 0.286. The Morgan fingerprint density at radius 2 is 1.86 bits per heavy atom. The van der Waals surface area contributed by atoms with Gasteiger partial charge in [-0.25, -0.2) is 9.58 Å². The van der Waals surface area contributed by atoms with Gasteiger partial charge in [-0.3, -0.25) is 9.59 Å². The van der Waals surface area contributed by atoms with Crippen LogP contribution in [0.3, 0.4) is 0 Å². The summed E-state index contributed by atoms with van der Waals surface area (Å²) in [5, 5.41) is 7.98. The molecule has 2 aliphatic heterocycles. The molecule has 0 bridgehead atoms. The molecule has 0 saturated carbocycles. The second kappa shape index (κ2) is 4.49. The number of amides is 2. The van der Waals surface area contributed by atoms with Crippen LogP contribution in [0.4, 0.5) is 5.82 Å². The lowest BCUT2D eigenvalue weighted by Gasteiger charge is -2.09. The van der Waals surface area contributed by atoms with Crippen LogP contribution in [0.25, 0.3) is 0 Å². The van der Waals surface area contributed by atoms with Crippen LogP contribution in [0.1, 0.15) is 33.2 Å². The third kappa shape index (κ3) is 1.78. The topological polar surface area (TPSA) is 77.3 Å².